The van der Waals surface area contributed by atoms with Gasteiger partial charge < -0.3 is 10.1 Å². The smallest absolute Gasteiger partial charge is 0.234 e. The second kappa shape index (κ2) is 7.03. The van der Waals surface area contributed by atoms with Crippen molar-refractivity contribution in [1.82, 2.24) is 19.8 Å². The average molecular weight is 371 g/mol. The van der Waals surface area contributed by atoms with Crippen molar-refractivity contribution >= 4 is 27.9 Å². The van der Waals surface area contributed by atoms with Crippen LogP contribution in [0.3, 0.4) is 0 Å². The fourth-order valence-electron chi connectivity index (χ4n) is 2.70. The minimum absolute atomic E-state index is 0.0316. The molecule has 7 nitrogen and oxygen atoms in total. The highest BCUT2D eigenvalue weighted by atomic mass is 32.1. The van der Waals surface area contributed by atoms with Gasteiger partial charge in [0.15, 0.2) is 5.82 Å². The lowest BCUT2D eigenvalue weighted by atomic mass is 10.2. The number of anilines is 1. The molecule has 0 unspecified atom stereocenters. The predicted molar refractivity (Wildman–Crippen MR) is 99.8 cm³/mol. The Kier molecular flexibility index (Phi) is 4.58. The lowest BCUT2D eigenvalue weighted by Gasteiger charge is -2.10. The Morgan fingerprint density at radius 3 is 2.77 bits per heavy atom. The minimum Gasteiger partial charge on any atom is -0.491 e. The van der Waals surface area contributed by atoms with Gasteiger partial charge in [0.25, 0.3) is 0 Å². The van der Waals surface area contributed by atoms with Gasteiger partial charge in [-0.3, -0.25) is 4.79 Å². The fraction of sp³-hybridized carbons (Fsp3) is 0.444. The maximum Gasteiger partial charge on any atom is 0.234 e. The Morgan fingerprint density at radius 1 is 1.31 bits per heavy atom. The Hall–Kier alpha value is -2.48. The summed E-state index contributed by atoms with van der Waals surface area (Å²) in [6, 6.07) is 7.41. The molecule has 0 atom stereocenters. The van der Waals surface area contributed by atoms with Gasteiger partial charge in [-0.25, -0.2) is 0 Å². The van der Waals surface area contributed by atoms with Crippen molar-refractivity contribution < 1.29 is 9.53 Å². The zero-order chi connectivity index (χ0) is 18.1. The Balaban J connectivity index is 1.32. The molecule has 1 N–H and O–H groups in total. The minimum atomic E-state index is -0.0316. The quantitative estimate of drug-likeness (QED) is 0.688. The van der Waals surface area contributed by atoms with E-state index in [9.17, 15) is 4.79 Å². The Morgan fingerprint density at radius 2 is 2.08 bits per heavy atom. The second-order valence-corrected chi connectivity index (χ2v) is 7.80. The van der Waals surface area contributed by atoms with Crippen molar-refractivity contribution in [2.75, 3.05) is 5.32 Å². The van der Waals surface area contributed by atoms with Crippen molar-refractivity contribution in [2.45, 2.75) is 51.6 Å². The molecular weight excluding hydrogens is 350 g/mol. The van der Waals surface area contributed by atoms with E-state index >= 15 is 0 Å². The standard InChI is InChI=1S/C18H21N5O2S/c1-11(2)25-14-7-5-13(6-8-14)19-15(24)9-10-16-22-23-17(12-3-4-12)20-21-18(23)26-16/h5-8,11-12H,3-4,9-10H2,1-2H3,(H,19,24). The van der Waals surface area contributed by atoms with Crippen LogP contribution in [-0.4, -0.2) is 31.8 Å². The molecule has 1 amide bonds. The van der Waals surface area contributed by atoms with E-state index in [0.29, 0.717) is 18.8 Å². The number of rotatable bonds is 7. The Bertz CT molecular complexity index is 911. The lowest BCUT2D eigenvalue weighted by Crippen LogP contribution is -2.12. The molecule has 1 fully saturated rings. The summed E-state index contributed by atoms with van der Waals surface area (Å²) < 4.78 is 7.43. The maximum absolute atomic E-state index is 12.2. The monoisotopic (exact) mass is 371 g/mol. The molecule has 1 aliphatic carbocycles. The summed E-state index contributed by atoms with van der Waals surface area (Å²) in [7, 11) is 0. The van der Waals surface area contributed by atoms with Crippen molar-refractivity contribution in [1.29, 1.82) is 0 Å². The van der Waals surface area contributed by atoms with Crippen LogP contribution in [0.2, 0.25) is 0 Å². The SMILES string of the molecule is CC(C)Oc1ccc(NC(=O)CCc2nn3c(C4CC4)nnc3s2)cc1. The molecule has 2 heterocycles. The van der Waals surface area contributed by atoms with Gasteiger partial charge in [-0.2, -0.15) is 9.61 Å². The van der Waals surface area contributed by atoms with E-state index in [1.807, 2.05) is 42.6 Å². The maximum atomic E-state index is 12.2. The molecule has 0 saturated heterocycles. The van der Waals surface area contributed by atoms with Crippen LogP contribution in [0.5, 0.6) is 5.75 Å². The number of nitrogens with zero attached hydrogens (tertiary/aromatic N) is 4. The number of carbonyl (C=O) groups is 1. The third-order valence-corrected chi connectivity index (χ3v) is 5.03. The average Bonchev–Trinajstić information content (AvgIpc) is 3.24. The summed E-state index contributed by atoms with van der Waals surface area (Å²) in [4.78, 5) is 13.0. The third-order valence-electron chi connectivity index (χ3n) is 4.08. The van der Waals surface area contributed by atoms with Gasteiger partial charge in [0, 0.05) is 24.4 Å². The van der Waals surface area contributed by atoms with Gasteiger partial charge in [-0.05, 0) is 51.0 Å². The highest BCUT2D eigenvalue weighted by molar-refractivity contribution is 7.16. The Labute approximate surface area is 155 Å². The van der Waals surface area contributed by atoms with Crippen LogP contribution in [0.4, 0.5) is 5.69 Å². The summed E-state index contributed by atoms with van der Waals surface area (Å²) in [5.74, 6) is 2.22. The molecule has 3 aromatic rings. The van der Waals surface area contributed by atoms with Gasteiger partial charge >= 0.3 is 0 Å². The zero-order valence-electron chi connectivity index (χ0n) is 14.8. The number of aromatic nitrogens is 4. The van der Waals surface area contributed by atoms with Gasteiger partial charge in [0.05, 0.1) is 6.10 Å². The van der Waals surface area contributed by atoms with E-state index < -0.39 is 0 Å². The van der Waals surface area contributed by atoms with Crippen LogP contribution < -0.4 is 10.1 Å². The number of amides is 1. The van der Waals surface area contributed by atoms with Crippen LogP contribution in [0.15, 0.2) is 24.3 Å². The second-order valence-electron chi connectivity index (χ2n) is 6.76. The number of nitrogens with one attached hydrogen (secondary N) is 1. The van der Waals surface area contributed by atoms with Crippen LogP contribution >= 0.6 is 11.3 Å². The molecule has 0 radical (unpaired) electrons. The summed E-state index contributed by atoms with van der Waals surface area (Å²) in [6.07, 6.45) is 3.44. The van der Waals surface area contributed by atoms with Gasteiger partial charge in [0.1, 0.15) is 10.8 Å². The first-order valence-corrected chi connectivity index (χ1v) is 9.68. The number of fused-ring (bicyclic) bond motifs is 1. The first kappa shape index (κ1) is 17.0. The zero-order valence-corrected chi connectivity index (χ0v) is 15.6. The molecule has 4 rings (SSSR count). The van der Waals surface area contributed by atoms with E-state index in [4.69, 9.17) is 4.74 Å². The van der Waals surface area contributed by atoms with E-state index in [0.717, 1.165) is 40.1 Å². The molecular formula is C18H21N5O2S. The van der Waals surface area contributed by atoms with E-state index in [-0.39, 0.29) is 12.0 Å². The highest BCUT2D eigenvalue weighted by Gasteiger charge is 2.30. The first-order valence-electron chi connectivity index (χ1n) is 8.86. The van der Waals surface area contributed by atoms with Gasteiger partial charge in [0.2, 0.25) is 10.9 Å². The number of aryl methyl sites for hydroxylation is 1. The third kappa shape index (κ3) is 3.85. The van der Waals surface area contributed by atoms with Crippen LogP contribution in [0.25, 0.3) is 4.96 Å². The summed E-state index contributed by atoms with van der Waals surface area (Å²) in [5.41, 5.74) is 0.764. The molecule has 26 heavy (non-hydrogen) atoms. The number of hydrogen-bond acceptors (Lipinski definition) is 6. The molecule has 2 aromatic heterocycles. The van der Waals surface area contributed by atoms with Crippen LogP contribution in [-0.2, 0) is 11.2 Å². The van der Waals surface area contributed by atoms with Crippen molar-refractivity contribution in [2.24, 2.45) is 0 Å². The van der Waals surface area contributed by atoms with Gasteiger partial charge in [-0.1, -0.05) is 11.3 Å². The summed E-state index contributed by atoms with van der Waals surface area (Å²) in [5, 5.41) is 16.8. The number of carbonyl (C=O) groups excluding carboxylic acids is 1. The number of ether oxygens (including phenoxy) is 1. The van der Waals surface area contributed by atoms with E-state index in [2.05, 4.69) is 20.6 Å². The molecule has 1 aromatic carbocycles. The molecule has 0 bridgehead atoms. The van der Waals surface area contributed by atoms with Crippen molar-refractivity contribution in [3.05, 3.63) is 35.1 Å². The summed E-state index contributed by atoms with van der Waals surface area (Å²) >= 11 is 1.50. The van der Waals surface area contributed by atoms with E-state index in [1.54, 1.807) is 0 Å². The molecule has 1 aliphatic rings. The number of hydrogen-bond donors (Lipinski definition) is 1. The summed E-state index contributed by atoms with van der Waals surface area (Å²) in [6.45, 7) is 3.96. The topological polar surface area (TPSA) is 81.4 Å². The van der Waals surface area contributed by atoms with Crippen molar-refractivity contribution in [3.63, 3.8) is 0 Å². The molecule has 0 aliphatic heterocycles. The molecule has 1 saturated carbocycles. The molecule has 8 heteroatoms. The predicted octanol–water partition coefficient (Wildman–Crippen LogP) is 3.42. The van der Waals surface area contributed by atoms with Crippen LogP contribution in [0, 0.1) is 0 Å². The largest absolute Gasteiger partial charge is 0.491 e. The first-order chi connectivity index (χ1) is 12.6. The number of benzene rings is 1. The molecule has 136 valence electrons. The van der Waals surface area contributed by atoms with E-state index in [1.165, 1.54) is 11.3 Å². The normalized spacial score (nSPS) is 14.1. The van der Waals surface area contributed by atoms with Crippen LogP contribution in [0.1, 0.15) is 49.9 Å². The lowest BCUT2D eigenvalue weighted by molar-refractivity contribution is -0.116. The highest BCUT2D eigenvalue weighted by Crippen LogP contribution is 2.39. The molecule has 0 spiro atoms. The van der Waals surface area contributed by atoms with Gasteiger partial charge in [-0.15, -0.1) is 10.2 Å². The van der Waals surface area contributed by atoms with Crippen molar-refractivity contribution in [3.8, 4) is 5.75 Å². The fourth-order valence-corrected chi connectivity index (χ4v) is 3.54.